The molecule has 0 fully saturated rings. The first-order chi connectivity index (χ1) is 5.77. The first kappa shape index (κ1) is 8.96. The molecule has 1 atom stereocenters. The number of nitrogens with zero attached hydrogens (tertiary/aromatic N) is 1. The highest BCUT2D eigenvalue weighted by atomic mass is 16.5. The lowest BCUT2D eigenvalue weighted by Crippen LogP contribution is -2.12. The van der Waals surface area contributed by atoms with Crippen LogP contribution >= 0.6 is 0 Å². The lowest BCUT2D eigenvalue weighted by molar-refractivity contribution is 0.181. The summed E-state index contributed by atoms with van der Waals surface area (Å²) < 4.78 is 4.96. The Balaban J connectivity index is 2.86. The van der Waals surface area contributed by atoms with Gasteiger partial charge in [-0.05, 0) is 6.07 Å². The first-order valence-electron chi connectivity index (χ1n) is 3.66. The molecule has 0 spiro atoms. The highest BCUT2D eigenvalue weighted by Gasteiger charge is 2.06. The van der Waals surface area contributed by atoms with Crippen molar-refractivity contribution in [2.75, 3.05) is 13.7 Å². The number of methoxy groups -OCH3 is 1. The molecule has 0 saturated heterocycles. The Morgan fingerprint density at radius 2 is 2.50 bits per heavy atom. The molecule has 3 N–H and O–H groups in total. The fraction of sp³-hybridized carbons (Fsp3) is 0.375. The number of nitrogens with two attached hydrogens (primary N) is 1. The maximum Gasteiger partial charge on any atom is 0.122 e. The van der Waals surface area contributed by atoms with E-state index in [1.807, 2.05) is 0 Å². The number of aliphatic hydroxyl groups is 1. The maximum atomic E-state index is 9.31. The standard InChI is InChI=1S/C8H12N2O2/c1-12-6-2-3-10-7(4-6)8(11)5-9/h2-4,8,11H,5,9H2,1H3/t8-/m0/s1. The molecule has 1 aromatic heterocycles. The zero-order valence-electron chi connectivity index (χ0n) is 6.90. The van der Waals surface area contributed by atoms with Crippen LogP contribution in [-0.4, -0.2) is 23.7 Å². The highest BCUT2D eigenvalue weighted by molar-refractivity contribution is 5.23. The molecule has 0 aliphatic heterocycles. The van der Waals surface area contributed by atoms with Crippen molar-refractivity contribution in [2.24, 2.45) is 5.73 Å². The number of aliphatic hydroxyl groups excluding tert-OH is 1. The molecule has 0 aliphatic carbocycles. The normalized spacial score (nSPS) is 12.6. The van der Waals surface area contributed by atoms with E-state index < -0.39 is 6.10 Å². The second-order valence-electron chi connectivity index (χ2n) is 2.37. The number of aromatic nitrogens is 1. The number of ether oxygens (including phenoxy) is 1. The van der Waals surface area contributed by atoms with E-state index in [1.54, 1.807) is 25.4 Å². The monoisotopic (exact) mass is 168 g/mol. The van der Waals surface area contributed by atoms with Gasteiger partial charge in [-0.25, -0.2) is 0 Å². The van der Waals surface area contributed by atoms with Gasteiger partial charge in [0.25, 0.3) is 0 Å². The van der Waals surface area contributed by atoms with Gasteiger partial charge in [0.15, 0.2) is 0 Å². The van der Waals surface area contributed by atoms with Crippen LogP contribution in [0.15, 0.2) is 18.3 Å². The van der Waals surface area contributed by atoms with Crippen LogP contribution in [0.5, 0.6) is 5.75 Å². The Morgan fingerprint density at radius 3 is 3.08 bits per heavy atom. The topological polar surface area (TPSA) is 68.4 Å². The van der Waals surface area contributed by atoms with Crippen LogP contribution < -0.4 is 10.5 Å². The quantitative estimate of drug-likeness (QED) is 0.670. The minimum absolute atomic E-state index is 0.167. The van der Waals surface area contributed by atoms with Crippen molar-refractivity contribution in [2.45, 2.75) is 6.10 Å². The Bertz CT molecular complexity index is 253. The van der Waals surface area contributed by atoms with Crippen molar-refractivity contribution in [3.05, 3.63) is 24.0 Å². The fourth-order valence-electron chi connectivity index (χ4n) is 0.858. The van der Waals surface area contributed by atoms with Crippen LogP contribution in [0.25, 0.3) is 0 Å². The van der Waals surface area contributed by atoms with Crippen molar-refractivity contribution in [1.29, 1.82) is 0 Å². The van der Waals surface area contributed by atoms with Gasteiger partial charge in [0.1, 0.15) is 11.9 Å². The molecule has 12 heavy (non-hydrogen) atoms. The third kappa shape index (κ3) is 1.93. The van der Waals surface area contributed by atoms with Gasteiger partial charge in [0.05, 0.1) is 12.8 Å². The highest BCUT2D eigenvalue weighted by Crippen LogP contribution is 2.14. The molecule has 1 heterocycles. The third-order valence-corrected chi connectivity index (χ3v) is 1.55. The summed E-state index contributed by atoms with van der Waals surface area (Å²) in [6, 6.07) is 3.38. The second-order valence-corrected chi connectivity index (χ2v) is 2.37. The largest absolute Gasteiger partial charge is 0.497 e. The van der Waals surface area contributed by atoms with E-state index in [0.29, 0.717) is 11.4 Å². The molecule has 0 unspecified atom stereocenters. The lowest BCUT2D eigenvalue weighted by Gasteiger charge is -2.07. The molecule has 0 aliphatic rings. The Labute approximate surface area is 71.0 Å². The van der Waals surface area contributed by atoms with Crippen LogP contribution in [0.2, 0.25) is 0 Å². The van der Waals surface area contributed by atoms with Gasteiger partial charge >= 0.3 is 0 Å². The Morgan fingerprint density at radius 1 is 1.75 bits per heavy atom. The van der Waals surface area contributed by atoms with Gasteiger partial charge in [0.2, 0.25) is 0 Å². The molecule has 4 nitrogen and oxygen atoms in total. The summed E-state index contributed by atoms with van der Waals surface area (Å²) in [7, 11) is 1.56. The molecule has 1 aromatic rings. The summed E-state index contributed by atoms with van der Waals surface area (Å²) in [5.41, 5.74) is 5.80. The van der Waals surface area contributed by atoms with Crippen molar-refractivity contribution < 1.29 is 9.84 Å². The average Bonchev–Trinajstić information content (AvgIpc) is 2.17. The predicted molar refractivity (Wildman–Crippen MR) is 44.8 cm³/mol. The van der Waals surface area contributed by atoms with Crippen molar-refractivity contribution in [1.82, 2.24) is 4.98 Å². The van der Waals surface area contributed by atoms with E-state index in [4.69, 9.17) is 10.5 Å². The molecule has 0 aromatic carbocycles. The Kier molecular flexibility index (Phi) is 3.01. The van der Waals surface area contributed by atoms with Gasteiger partial charge in [-0.1, -0.05) is 0 Å². The number of hydrogen-bond acceptors (Lipinski definition) is 4. The molecule has 1 rings (SSSR count). The SMILES string of the molecule is COc1ccnc([C@@H](O)CN)c1. The summed E-state index contributed by atoms with van der Waals surface area (Å²) in [6.45, 7) is 0.167. The van der Waals surface area contributed by atoms with Crippen molar-refractivity contribution >= 4 is 0 Å². The van der Waals surface area contributed by atoms with Gasteiger partial charge in [-0.2, -0.15) is 0 Å². The smallest absolute Gasteiger partial charge is 0.122 e. The van der Waals surface area contributed by atoms with Crippen molar-refractivity contribution in [3.8, 4) is 5.75 Å². The zero-order valence-corrected chi connectivity index (χ0v) is 6.90. The van der Waals surface area contributed by atoms with Crippen LogP contribution in [0.3, 0.4) is 0 Å². The van der Waals surface area contributed by atoms with Gasteiger partial charge in [-0.15, -0.1) is 0 Å². The van der Waals surface area contributed by atoms with E-state index in [-0.39, 0.29) is 6.54 Å². The van der Waals surface area contributed by atoms with Gasteiger partial charge < -0.3 is 15.6 Å². The summed E-state index contributed by atoms with van der Waals surface area (Å²) in [6.07, 6.45) is 0.868. The molecule has 0 saturated carbocycles. The van der Waals surface area contributed by atoms with Gasteiger partial charge in [0, 0.05) is 18.8 Å². The van der Waals surface area contributed by atoms with Gasteiger partial charge in [-0.3, -0.25) is 4.98 Å². The van der Waals surface area contributed by atoms with Crippen LogP contribution in [0.1, 0.15) is 11.8 Å². The molecule has 66 valence electrons. The van der Waals surface area contributed by atoms with E-state index in [1.165, 1.54) is 0 Å². The predicted octanol–water partition coefficient (Wildman–Crippen LogP) is 0.0823. The third-order valence-electron chi connectivity index (χ3n) is 1.55. The van der Waals surface area contributed by atoms with Crippen molar-refractivity contribution in [3.63, 3.8) is 0 Å². The summed E-state index contributed by atoms with van der Waals surface area (Å²) in [4.78, 5) is 3.95. The fourth-order valence-corrected chi connectivity index (χ4v) is 0.858. The average molecular weight is 168 g/mol. The van der Waals surface area contributed by atoms with Crippen LogP contribution in [0.4, 0.5) is 0 Å². The van der Waals surface area contributed by atoms with E-state index >= 15 is 0 Å². The molecule has 0 radical (unpaired) electrons. The zero-order chi connectivity index (χ0) is 8.97. The van der Waals surface area contributed by atoms with Crippen LogP contribution in [0, 0.1) is 0 Å². The summed E-state index contributed by atoms with van der Waals surface area (Å²) >= 11 is 0. The molecule has 0 bridgehead atoms. The minimum atomic E-state index is -0.708. The number of hydrogen-bond donors (Lipinski definition) is 2. The van der Waals surface area contributed by atoms with E-state index in [0.717, 1.165) is 0 Å². The van der Waals surface area contributed by atoms with E-state index in [2.05, 4.69) is 4.98 Å². The molecule has 0 amide bonds. The Hall–Kier alpha value is -1.13. The lowest BCUT2D eigenvalue weighted by atomic mass is 10.2. The summed E-state index contributed by atoms with van der Waals surface area (Å²) in [5.74, 6) is 0.674. The first-order valence-corrected chi connectivity index (χ1v) is 3.66. The maximum absolute atomic E-state index is 9.31. The summed E-state index contributed by atoms with van der Waals surface area (Å²) in [5, 5.41) is 9.31. The molecular weight excluding hydrogens is 156 g/mol. The van der Waals surface area contributed by atoms with E-state index in [9.17, 15) is 5.11 Å². The number of pyridine rings is 1. The number of rotatable bonds is 3. The molecular formula is C8H12N2O2. The minimum Gasteiger partial charge on any atom is -0.497 e. The molecule has 4 heteroatoms. The second kappa shape index (κ2) is 4.04. The van der Waals surface area contributed by atoms with Crippen LogP contribution in [-0.2, 0) is 0 Å².